The normalized spacial score (nSPS) is 17.9. The molecule has 0 unspecified atom stereocenters. The molecule has 8 heteroatoms. The van der Waals surface area contributed by atoms with E-state index in [1.54, 1.807) is 29.7 Å². The number of nitrogens with zero attached hydrogens (tertiary/aromatic N) is 4. The van der Waals surface area contributed by atoms with Crippen molar-refractivity contribution in [2.75, 3.05) is 31.1 Å². The smallest absolute Gasteiger partial charge is 0.265 e. The number of rotatable bonds is 4. The van der Waals surface area contributed by atoms with Crippen LogP contribution in [-0.2, 0) is 0 Å². The maximum atomic E-state index is 13.1. The number of carbonyl (C=O) groups excluding carboxylic acids is 2. The minimum atomic E-state index is -0.485. The summed E-state index contributed by atoms with van der Waals surface area (Å²) < 4.78 is 0. The number of amides is 2. The molecular formula is C20H25N5O2S. The van der Waals surface area contributed by atoms with Crippen LogP contribution in [0.25, 0.3) is 0 Å². The summed E-state index contributed by atoms with van der Waals surface area (Å²) in [5.74, 6) is 0.703. The van der Waals surface area contributed by atoms with E-state index >= 15 is 0 Å². The summed E-state index contributed by atoms with van der Waals surface area (Å²) in [5, 5.41) is 1.12. The lowest BCUT2D eigenvalue weighted by molar-refractivity contribution is 0.0749. The van der Waals surface area contributed by atoms with E-state index in [1.807, 2.05) is 16.7 Å². The highest BCUT2D eigenvalue weighted by Gasteiger charge is 2.29. The van der Waals surface area contributed by atoms with E-state index in [0.29, 0.717) is 43.5 Å². The number of aromatic nitrogens is 2. The molecule has 1 saturated carbocycles. The molecule has 3 heterocycles. The number of aryl methyl sites for hydroxylation is 1. The van der Waals surface area contributed by atoms with E-state index in [9.17, 15) is 9.59 Å². The largest absolute Gasteiger partial charge is 0.365 e. The second-order valence-corrected chi connectivity index (χ2v) is 8.50. The predicted molar refractivity (Wildman–Crippen MR) is 109 cm³/mol. The number of piperazine rings is 1. The lowest BCUT2D eigenvalue weighted by Crippen LogP contribution is -2.49. The van der Waals surface area contributed by atoms with E-state index in [1.165, 1.54) is 25.7 Å². The first-order valence-electron chi connectivity index (χ1n) is 9.81. The van der Waals surface area contributed by atoms with Gasteiger partial charge in [-0.05, 0) is 31.9 Å². The number of primary amides is 1. The quantitative estimate of drug-likeness (QED) is 0.853. The maximum absolute atomic E-state index is 13.1. The zero-order chi connectivity index (χ0) is 19.7. The van der Waals surface area contributed by atoms with E-state index in [-0.39, 0.29) is 5.91 Å². The van der Waals surface area contributed by atoms with Crippen molar-refractivity contribution in [3.63, 3.8) is 0 Å². The first-order chi connectivity index (χ1) is 13.5. The lowest BCUT2D eigenvalue weighted by atomic mass is 10.1. The highest BCUT2D eigenvalue weighted by Crippen LogP contribution is 2.37. The van der Waals surface area contributed by atoms with Crippen LogP contribution < -0.4 is 10.6 Å². The Hall–Kier alpha value is -2.48. The van der Waals surface area contributed by atoms with Gasteiger partial charge in [-0.15, -0.1) is 11.3 Å². The van der Waals surface area contributed by atoms with Crippen molar-refractivity contribution in [1.82, 2.24) is 14.9 Å². The van der Waals surface area contributed by atoms with Crippen molar-refractivity contribution in [3.8, 4) is 0 Å². The molecule has 28 heavy (non-hydrogen) atoms. The highest BCUT2D eigenvalue weighted by molar-refractivity contribution is 7.13. The van der Waals surface area contributed by atoms with Gasteiger partial charge in [-0.3, -0.25) is 9.59 Å². The monoisotopic (exact) mass is 399 g/mol. The number of hydrogen-bond acceptors (Lipinski definition) is 6. The maximum Gasteiger partial charge on any atom is 0.265 e. The predicted octanol–water partition coefficient (Wildman–Crippen LogP) is 2.57. The third-order valence-corrected chi connectivity index (χ3v) is 6.94. The molecule has 1 saturated heterocycles. The number of hydrogen-bond donors (Lipinski definition) is 1. The summed E-state index contributed by atoms with van der Waals surface area (Å²) in [5.41, 5.74) is 6.73. The van der Waals surface area contributed by atoms with Crippen LogP contribution in [0.4, 0.5) is 5.82 Å². The van der Waals surface area contributed by atoms with Gasteiger partial charge < -0.3 is 15.5 Å². The zero-order valence-corrected chi connectivity index (χ0v) is 16.9. The van der Waals surface area contributed by atoms with Crippen LogP contribution in [0.1, 0.15) is 62.3 Å². The van der Waals surface area contributed by atoms with Crippen LogP contribution in [0.5, 0.6) is 0 Å². The van der Waals surface area contributed by atoms with Gasteiger partial charge >= 0.3 is 0 Å². The fourth-order valence-corrected chi connectivity index (χ4v) is 5.27. The average Bonchev–Trinajstić information content (AvgIpc) is 3.37. The number of nitrogens with two attached hydrogens (primary N) is 1. The second kappa shape index (κ2) is 7.87. The molecule has 148 valence electrons. The van der Waals surface area contributed by atoms with Gasteiger partial charge in [-0.25, -0.2) is 9.97 Å². The molecular weight excluding hydrogens is 374 g/mol. The minimum Gasteiger partial charge on any atom is -0.365 e. The minimum absolute atomic E-state index is 0.0649. The molecule has 0 aromatic carbocycles. The molecule has 1 aliphatic carbocycles. The summed E-state index contributed by atoms with van der Waals surface area (Å²) in [6.45, 7) is 4.35. The van der Waals surface area contributed by atoms with Gasteiger partial charge in [0.25, 0.3) is 11.8 Å². The second-order valence-electron chi connectivity index (χ2n) is 7.47. The molecule has 2 aromatic rings. The van der Waals surface area contributed by atoms with Crippen LogP contribution in [0.15, 0.2) is 18.3 Å². The van der Waals surface area contributed by atoms with Crippen molar-refractivity contribution in [1.29, 1.82) is 0 Å². The molecule has 1 aliphatic heterocycles. The first kappa shape index (κ1) is 18.9. The van der Waals surface area contributed by atoms with Gasteiger partial charge in [0.1, 0.15) is 10.7 Å². The van der Waals surface area contributed by atoms with Gasteiger partial charge in [-0.2, -0.15) is 0 Å². The number of carbonyl (C=O) groups is 2. The van der Waals surface area contributed by atoms with Gasteiger partial charge in [0.2, 0.25) is 0 Å². The molecule has 0 bridgehead atoms. The van der Waals surface area contributed by atoms with Crippen molar-refractivity contribution >= 4 is 29.0 Å². The van der Waals surface area contributed by atoms with E-state index in [2.05, 4.69) is 4.98 Å². The Morgan fingerprint density at radius 3 is 2.57 bits per heavy atom. The van der Waals surface area contributed by atoms with Crippen LogP contribution >= 0.6 is 11.3 Å². The molecule has 7 nitrogen and oxygen atoms in total. The Balaban J connectivity index is 1.44. The summed E-state index contributed by atoms with van der Waals surface area (Å²) in [6.07, 6.45) is 6.55. The van der Waals surface area contributed by atoms with Crippen molar-refractivity contribution in [2.45, 2.75) is 38.5 Å². The number of thiazole rings is 1. The number of pyridine rings is 1. The van der Waals surface area contributed by atoms with Crippen LogP contribution in [0.3, 0.4) is 0 Å². The molecule has 0 atom stereocenters. The van der Waals surface area contributed by atoms with Crippen molar-refractivity contribution in [3.05, 3.63) is 39.5 Å². The average molecular weight is 400 g/mol. The zero-order valence-electron chi connectivity index (χ0n) is 16.1. The highest BCUT2D eigenvalue weighted by atomic mass is 32.1. The van der Waals surface area contributed by atoms with Crippen molar-refractivity contribution in [2.24, 2.45) is 5.73 Å². The summed E-state index contributed by atoms with van der Waals surface area (Å²) in [4.78, 5) is 38.4. The Kier molecular flexibility index (Phi) is 5.30. The summed E-state index contributed by atoms with van der Waals surface area (Å²) in [6, 6.07) is 3.39. The van der Waals surface area contributed by atoms with Crippen LogP contribution in [0, 0.1) is 6.92 Å². The van der Waals surface area contributed by atoms with Gasteiger partial charge in [0, 0.05) is 38.3 Å². The van der Waals surface area contributed by atoms with Gasteiger partial charge in [0.15, 0.2) is 0 Å². The fraction of sp³-hybridized carbons (Fsp3) is 0.500. The molecule has 2 N–H and O–H groups in total. The molecule has 4 rings (SSSR count). The third kappa shape index (κ3) is 3.61. The van der Waals surface area contributed by atoms with Gasteiger partial charge in [0.05, 0.1) is 16.3 Å². The van der Waals surface area contributed by atoms with E-state index in [4.69, 9.17) is 10.7 Å². The lowest BCUT2D eigenvalue weighted by Gasteiger charge is -2.35. The molecule has 2 aromatic heterocycles. The molecule has 2 amide bonds. The van der Waals surface area contributed by atoms with Gasteiger partial charge in [-0.1, -0.05) is 12.8 Å². The Labute approximate surface area is 168 Å². The first-order valence-corrected chi connectivity index (χ1v) is 10.6. The standard InChI is InChI=1S/C20H25N5O2S/c1-13-16(28-19(23-13)14-5-2-3-6-14)20(27)25-11-9-24(10-12-25)18-15(17(21)26)7-4-8-22-18/h4,7-8,14H,2-3,5-6,9-12H2,1H3,(H2,21,26). The molecule has 2 fully saturated rings. The van der Waals surface area contributed by atoms with Crippen LogP contribution in [0.2, 0.25) is 0 Å². The van der Waals surface area contributed by atoms with Crippen molar-refractivity contribution < 1.29 is 9.59 Å². The molecule has 2 aliphatic rings. The summed E-state index contributed by atoms with van der Waals surface area (Å²) >= 11 is 1.57. The Bertz CT molecular complexity index is 882. The van der Waals surface area contributed by atoms with Crippen LogP contribution in [-0.4, -0.2) is 52.9 Å². The number of anilines is 1. The van der Waals surface area contributed by atoms with E-state index < -0.39 is 5.91 Å². The molecule has 0 spiro atoms. The Morgan fingerprint density at radius 1 is 1.18 bits per heavy atom. The fourth-order valence-electron chi connectivity index (χ4n) is 4.07. The summed E-state index contributed by atoms with van der Waals surface area (Å²) in [7, 11) is 0. The topological polar surface area (TPSA) is 92.4 Å². The molecule has 0 radical (unpaired) electrons. The SMILES string of the molecule is Cc1nc(C2CCCC2)sc1C(=O)N1CCN(c2ncccc2C(N)=O)CC1. The Morgan fingerprint density at radius 2 is 1.89 bits per heavy atom. The third-order valence-electron chi connectivity index (χ3n) is 5.63. The van der Waals surface area contributed by atoms with E-state index in [0.717, 1.165) is 15.6 Å².